The van der Waals surface area contributed by atoms with Crippen molar-refractivity contribution in [2.75, 3.05) is 18.4 Å². The van der Waals surface area contributed by atoms with Crippen molar-refractivity contribution in [3.8, 4) is 0 Å². The van der Waals surface area contributed by atoms with Crippen molar-refractivity contribution in [3.63, 3.8) is 0 Å². The molecular formula is C20H26N4O3. The largest absolute Gasteiger partial charge is 0.347 e. The topological polar surface area (TPSA) is 113 Å². The van der Waals surface area contributed by atoms with E-state index in [0.717, 1.165) is 17.2 Å². The second kappa shape index (κ2) is 10.3. The van der Waals surface area contributed by atoms with Crippen LogP contribution < -0.4 is 21.7 Å². The summed E-state index contributed by atoms with van der Waals surface area (Å²) in [4.78, 5) is 35.6. The second-order valence-electron chi connectivity index (χ2n) is 6.37. The fourth-order valence-corrected chi connectivity index (χ4v) is 2.71. The number of rotatable bonds is 9. The molecule has 0 aliphatic carbocycles. The van der Waals surface area contributed by atoms with Crippen molar-refractivity contribution in [3.05, 3.63) is 42.5 Å². The highest BCUT2D eigenvalue weighted by Gasteiger charge is 2.20. The number of carbonyl (C=O) groups excluding carboxylic acids is 3. The molecule has 7 nitrogen and oxygen atoms in total. The Morgan fingerprint density at radius 2 is 1.78 bits per heavy atom. The Labute approximate surface area is 158 Å². The first-order valence-corrected chi connectivity index (χ1v) is 9.03. The average molecular weight is 370 g/mol. The maximum atomic E-state index is 12.7. The summed E-state index contributed by atoms with van der Waals surface area (Å²) in [5, 5.41) is 10.1. The summed E-state index contributed by atoms with van der Waals surface area (Å²) in [6.07, 6.45) is 1.95. The standard InChI is InChI=1S/C20H26N4O3/c1-14(25)22-13-19(26)24-18(8-4-5-11-21)20(27)23-17-10-9-15-6-2-3-7-16(15)12-17/h2-3,6-7,9-10,12,18H,4-5,8,11,13,21H2,1H3,(H,22,25)(H,23,27)(H,24,26)/t18-/m1/s1. The van der Waals surface area contributed by atoms with Gasteiger partial charge in [-0.3, -0.25) is 14.4 Å². The average Bonchev–Trinajstić information content (AvgIpc) is 2.65. The lowest BCUT2D eigenvalue weighted by Gasteiger charge is -2.19. The molecule has 7 heteroatoms. The lowest BCUT2D eigenvalue weighted by molar-refractivity contribution is -0.127. The first-order valence-electron chi connectivity index (χ1n) is 9.03. The van der Waals surface area contributed by atoms with Crippen molar-refractivity contribution < 1.29 is 14.4 Å². The van der Waals surface area contributed by atoms with Crippen LogP contribution in [0, 0.1) is 0 Å². The fourth-order valence-electron chi connectivity index (χ4n) is 2.71. The number of amides is 3. The summed E-state index contributed by atoms with van der Waals surface area (Å²) in [5.41, 5.74) is 6.18. The number of hydrogen-bond acceptors (Lipinski definition) is 4. The third-order valence-corrected chi connectivity index (χ3v) is 4.11. The molecule has 27 heavy (non-hydrogen) atoms. The normalized spacial score (nSPS) is 11.6. The molecule has 0 aliphatic heterocycles. The number of nitrogens with two attached hydrogens (primary N) is 1. The Morgan fingerprint density at radius 3 is 2.48 bits per heavy atom. The lowest BCUT2D eigenvalue weighted by atomic mass is 10.1. The smallest absolute Gasteiger partial charge is 0.246 e. The first kappa shape index (κ1) is 20.4. The molecule has 5 N–H and O–H groups in total. The van der Waals surface area contributed by atoms with Gasteiger partial charge < -0.3 is 21.7 Å². The summed E-state index contributed by atoms with van der Waals surface area (Å²) < 4.78 is 0. The molecule has 1 atom stereocenters. The first-order chi connectivity index (χ1) is 13.0. The van der Waals surface area contributed by atoms with Gasteiger partial charge in [-0.05, 0) is 48.7 Å². The van der Waals surface area contributed by atoms with E-state index in [-0.39, 0.29) is 18.4 Å². The molecule has 0 heterocycles. The minimum atomic E-state index is -0.690. The number of hydrogen-bond donors (Lipinski definition) is 4. The zero-order valence-corrected chi connectivity index (χ0v) is 15.5. The van der Waals surface area contributed by atoms with Crippen molar-refractivity contribution in [2.24, 2.45) is 5.73 Å². The van der Waals surface area contributed by atoms with Gasteiger partial charge in [-0.15, -0.1) is 0 Å². The van der Waals surface area contributed by atoms with Gasteiger partial charge in [-0.1, -0.05) is 30.3 Å². The van der Waals surface area contributed by atoms with Gasteiger partial charge in [0.2, 0.25) is 17.7 Å². The van der Waals surface area contributed by atoms with Crippen LogP contribution in [-0.2, 0) is 14.4 Å². The molecule has 0 aliphatic rings. The van der Waals surface area contributed by atoms with Gasteiger partial charge >= 0.3 is 0 Å². The van der Waals surface area contributed by atoms with E-state index < -0.39 is 11.9 Å². The van der Waals surface area contributed by atoms with E-state index >= 15 is 0 Å². The predicted octanol–water partition coefficient (Wildman–Crippen LogP) is 1.53. The van der Waals surface area contributed by atoms with Crippen molar-refractivity contribution in [1.29, 1.82) is 0 Å². The number of fused-ring (bicyclic) bond motifs is 1. The third-order valence-electron chi connectivity index (χ3n) is 4.11. The minimum absolute atomic E-state index is 0.161. The van der Waals surface area contributed by atoms with Crippen LogP contribution in [0.15, 0.2) is 42.5 Å². The molecule has 0 fully saturated rings. The molecule has 0 spiro atoms. The van der Waals surface area contributed by atoms with Crippen LogP contribution in [0.25, 0.3) is 10.8 Å². The summed E-state index contributed by atoms with van der Waals surface area (Å²) in [7, 11) is 0. The number of nitrogens with one attached hydrogen (secondary N) is 3. The zero-order valence-electron chi connectivity index (χ0n) is 15.5. The van der Waals surface area contributed by atoms with E-state index in [4.69, 9.17) is 5.73 Å². The van der Waals surface area contributed by atoms with Gasteiger partial charge in [0.1, 0.15) is 6.04 Å². The predicted molar refractivity (Wildman–Crippen MR) is 106 cm³/mol. The van der Waals surface area contributed by atoms with Gasteiger partial charge in [-0.25, -0.2) is 0 Å². The Morgan fingerprint density at radius 1 is 1.04 bits per heavy atom. The van der Waals surface area contributed by atoms with Gasteiger partial charge in [0.15, 0.2) is 0 Å². The Bertz CT molecular complexity index is 807. The van der Waals surface area contributed by atoms with Crippen molar-refractivity contribution in [1.82, 2.24) is 10.6 Å². The SMILES string of the molecule is CC(=O)NCC(=O)N[C@H](CCCCN)C(=O)Nc1ccc2ccccc2c1. The van der Waals surface area contributed by atoms with Crippen LogP contribution in [0.3, 0.4) is 0 Å². The van der Waals surface area contributed by atoms with Crippen LogP contribution in [0.5, 0.6) is 0 Å². The summed E-state index contributed by atoms with van der Waals surface area (Å²) in [5.74, 6) is -1.000. The monoisotopic (exact) mass is 370 g/mol. The highest BCUT2D eigenvalue weighted by atomic mass is 16.2. The lowest BCUT2D eigenvalue weighted by Crippen LogP contribution is -2.47. The summed E-state index contributed by atoms with van der Waals surface area (Å²) in [6.45, 7) is 1.70. The molecule has 0 bridgehead atoms. The van der Waals surface area contributed by atoms with Crippen LogP contribution in [0.1, 0.15) is 26.2 Å². The second-order valence-corrected chi connectivity index (χ2v) is 6.37. The van der Waals surface area contributed by atoms with Crippen molar-refractivity contribution in [2.45, 2.75) is 32.2 Å². The summed E-state index contributed by atoms with van der Waals surface area (Å²) >= 11 is 0. The maximum absolute atomic E-state index is 12.7. The van der Waals surface area contributed by atoms with Crippen LogP contribution in [0.2, 0.25) is 0 Å². The molecule has 0 aromatic heterocycles. The van der Waals surface area contributed by atoms with E-state index in [1.807, 2.05) is 42.5 Å². The van der Waals surface area contributed by atoms with E-state index in [1.54, 1.807) is 0 Å². The van der Waals surface area contributed by atoms with Gasteiger partial charge in [0.25, 0.3) is 0 Å². The summed E-state index contributed by atoms with van der Waals surface area (Å²) in [6, 6.07) is 12.8. The fraction of sp³-hybridized carbons (Fsp3) is 0.350. The highest BCUT2D eigenvalue weighted by molar-refractivity contribution is 5.99. The van der Waals surface area contributed by atoms with Crippen LogP contribution in [0.4, 0.5) is 5.69 Å². The number of unbranched alkanes of at least 4 members (excludes halogenated alkanes) is 1. The molecule has 0 radical (unpaired) electrons. The van der Waals surface area contributed by atoms with Crippen molar-refractivity contribution >= 4 is 34.2 Å². The molecule has 144 valence electrons. The number of anilines is 1. The van der Waals surface area contributed by atoms with Crippen LogP contribution >= 0.6 is 0 Å². The van der Waals surface area contributed by atoms with E-state index in [0.29, 0.717) is 25.1 Å². The quantitative estimate of drug-likeness (QED) is 0.501. The van der Waals surface area contributed by atoms with E-state index in [9.17, 15) is 14.4 Å². The highest BCUT2D eigenvalue weighted by Crippen LogP contribution is 2.19. The van der Waals surface area contributed by atoms with Crippen LogP contribution in [-0.4, -0.2) is 36.9 Å². The molecule has 0 saturated heterocycles. The molecule has 2 aromatic rings. The molecule has 2 aromatic carbocycles. The Balaban J connectivity index is 2.03. The molecule has 2 rings (SSSR count). The van der Waals surface area contributed by atoms with Gasteiger partial charge in [0.05, 0.1) is 6.54 Å². The molecule has 0 unspecified atom stereocenters. The minimum Gasteiger partial charge on any atom is -0.347 e. The molecular weight excluding hydrogens is 344 g/mol. The molecule has 0 saturated carbocycles. The van der Waals surface area contributed by atoms with E-state index in [2.05, 4.69) is 16.0 Å². The van der Waals surface area contributed by atoms with Gasteiger partial charge in [-0.2, -0.15) is 0 Å². The Kier molecular flexibility index (Phi) is 7.76. The zero-order chi connectivity index (χ0) is 19.6. The Hall–Kier alpha value is -2.93. The number of carbonyl (C=O) groups is 3. The third kappa shape index (κ3) is 6.71. The number of benzene rings is 2. The van der Waals surface area contributed by atoms with Gasteiger partial charge in [0, 0.05) is 12.6 Å². The van der Waals surface area contributed by atoms with E-state index in [1.165, 1.54) is 6.92 Å². The maximum Gasteiger partial charge on any atom is 0.246 e. The molecule has 3 amide bonds.